The Hall–Kier alpha value is -1.72. The lowest BCUT2D eigenvalue weighted by Crippen LogP contribution is -2.17. The van der Waals surface area contributed by atoms with Crippen LogP contribution in [0.15, 0.2) is 36.8 Å². The third kappa shape index (κ3) is 3.89. The molecular weight excluding hydrogens is 308 g/mol. The summed E-state index contributed by atoms with van der Waals surface area (Å²) in [6.45, 7) is 2.30. The minimum atomic E-state index is -0.880. The van der Waals surface area contributed by atoms with Crippen LogP contribution in [0.3, 0.4) is 0 Å². The van der Waals surface area contributed by atoms with E-state index in [0.717, 1.165) is 11.3 Å². The summed E-state index contributed by atoms with van der Waals surface area (Å²) in [7, 11) is 0. The van der Waals surface area contributed by atoms with Crippen molar-refractivity contribution in [1.82, 2.24) is 9.55 Å². The third-order valence-electron chi connectivity index (χ3n) is 3.27. The molecule has 6 heteroatoms. The summed E-state index contributed by atoms with van der Waals surface area (Å²) in [6.07, 6.45) is 3.30. The molecule has 2 aromatic rings. The molecule has 21 heavy (non-hydrogen) atoms. The lowest BCUT2D eigenvalue weighted by molar-refractivity contribution is -0.137. The SMILES string of the molecule is CC(=S)C(CC(=O)O)c1cncn1Cc1ccccc1Cl. The topological polar surface area (TPSA) is 55.1 Å². The average molecular weight is 323 g/mol. The number of carbonyl (C=O) groups is 1. The zero-order valence-corrected chi connectivity index (χ0v) is 13.1. The standard InChI is InChI=1S/C15H15ClN2O2S/c1-10(21)12(6-15(19)20)14-7-17-9-18(14)8-11-4-2-3-5-13(11)16/h2-5,7,9,12H,6,8H2,1H3,(H,19,20). The second-order valence-electron chi connectivity index (χ2n) is 4.80. The maximum Gasteiger partial charge on any atom is 0.304 e. The smallest absolute Gasteiger partial charge is 0.304 e. The van der Waals surface area contributed by atoms with Crippen molar-refractivity contribution in [3.63, 3.8) is 0 Å². The maximum absolute atomic E-state index is 11.0. The van der Waals surface area contributed by atoms with Gasteiger partial charge in [-0.05, 0) is 23.4 Å². The van der Waals surface area contributed by atoms with Crippen LogP contribution in [0.2, 0.25) is 5.02 Å². The van der Waals surface area contributed by atoms with Crippen molar-refractivity contribution in [3.8, 4) is 0 Å². The molecule has 0 aliphatic heterocycles. The number of nitrogens with zero attached hydrogens (tertiary/aromatic N) is 2. The van der Waals surface area contributed by atoms with Gasteiger partial charge in [0, 0.05) is 22.8 Å². The highest BCUT2D eigenvalue weighted by atomic mass is 35.5. The van der Waals surface area contributed by atoms with Crippen molar-refractivity contribution in [1.29, 1.82) is 0 Å². The Bertz CT molecular complexity index is 669. The Morgan fingerprint density at radius 1 is 1.48 bits per heavy atom. The first-order valence-electron chi connectivity index (χ1n) is 6.44. The fraction of sp³-hybridized carbons (Fsp3) is 0.267. The number of aromatic nitrogens is 2. The van der Waals surface area contributed by atoms with Gasteiger partial charge in [0.25, 0.3) is 0 Å². The number of rotatable bonds is 6. The van der Waals surface area contributed by atoms with Gasteiger partial charge in [-0.1, -0.05) is 42.0 Å². The van der Waals surface area contributed by atoms with Crippen LogP contribution in [0.1, 0.15) is 30.5 Å². The number of hydrogen-bond donors (Lipinski definition) is 1. The molecule has 0 bridgehead atoms. The number of carboxylic acid groups (broad SMARTS) is 1. The molecule has 0 spiro atoms. The van der Waals surface area contributed by atoms with Crippen LogP contribution in [-0.2, 0) is 11.3 Å². The molecule has 0 radical (unpaired) electrons. The molecule has 1 aromatic carbocycles. The van der Waals surface area contributed by atoms with Gasteiger partial charge in [-0.25, -0.2) is 4.98 Å². The van der Waals surface area contributed by atoms with Crippen LogP contribution >= 0.6 is 23.8 Å². The summed E-state index contributed by atoms with van der Waals surface area (Å²) in [4.78, 5) is 15.8. The van der Waals surface area contributed by atoms with E-state index in [4.69, 9.17) is 28.9 Å². The molecule has 0 aliphatic carbocycles. The summed E-state index contributed by atoms with van der Waals surface area (Å²) >= 11 is 11.4. The van der Waals surface area contributed by atoms with Gasteiger partial charge in [0.2, 0.25) is 0 Å². The van der Waals surface area contributed by atoms with Crippen molar-refractivity contribution in [2.24, 2.45) is 0 Å². The molecule has 0 saturated heterocycles. The summed E-state index contributed by atoms with van der Waals surface area (Å²) < 4.78 is 1.89. The molecule has 110 valence electrons. The summed E-state index contributed by atoms with van der Waals surface area (Å²) in [5.74, 6) is -1.21. The third-order valence-corrected chi connectivity index (χ3v) is 3.92. The summed E-state index contributed by atoms with van der Waals surface area (Å²) in [5.41, 5.74) is 1.75. The van der Waals surface area contributed by atoms with Crippen molar-refractivity contribution < 1.29 is 9.90 Å². The maximum atomic E-state index is 11.0. The second-order valence-corrected chi connectivity index (χ2v) is 5.85. The molecule has 4 nitrogen and oxygen atoms in total. The van der Waals surface area contributed by atoms with Crippen LogP contribution in [0, 0.1) is 0 Å². The molecule has 0 saturated carbocycles. The molecule has 1 aromatic heterocycles. The van der Waals surface area contributed by atoms with Gasteiger partial charge in [-0.15, -0.1) is 0 Å². The number of carboxylic acids is 1. The number of hydrogen-bond acceptors (Lipinski definition) is 3. The largest absolute Gasteiger partial charge is 0.481 e. The Kier molecular flexibility index (Phi) is 5.09. The number of imidazole rings is 1. The van der Waals surface area contributed by atoms with E-state index in [1.165, 1.54) is 0 Å². The second kappa shape index (κ2) is 6.83. The van der Waals surface area contributed by atoms with Crippen LogP contribution in [0.25, 0.3) is 0 Å². The Labute approximate surface area is 133 Å². The van der Waals surface area contributed by atoms with Crippen LogP contribution < -0.4 is 0 Å². The highest BCUT2D eigenvalue weighted by Gasteiger charge is 2.21. The van der Waals surface area contributed by atoms with Crippen LogP contribution in [0.5, 0.6) is 0 Å². The van der Waals surface area contributed by atoms with E-state index in [9.17, 15) is 4.79 Å². The Morgan fingerprint density at radius 3 is 2.81 bits per heavy atom. The zero-order valence-electron chi connectivity index (χ0n) is 11.5. The normalized spacial score (nSPS) is 12.1. The highest BCUT2D eigenvalue weighted by Crippen LogP contribution is 2.24. The summed E-state index contributed by atoms with van der Waals surface area (Å²) in [5, 5.41) is 9.72. The molecule has 1 unspecified atom stereocenters. The van der Waals surface area contributed by atoms with E-state index in [1.54, 1.807) is 19.4 Å². The van der Waals surface area contributed by atoms with Gasteiger partial charge in [0.1, 0.15) is 0 Å². The van der Waals surface area contributed by atoms with Gasteiger partial charge in [-0.2, -0.15) is 0 Å². The quantitative estimate of drug-likeness (QED) is 0.827. The van der Waals surface area contributed by atoms with Crippen molar-refractivity contribution in [2.45, 2.75) is 25.8 Å². The minimum absolute atomic E-state index is 0.0381. The van der Waals surface area contributed by atoms with Gasteiger partial charge < -0.3 is 9.67 Å². The number of thiocarbonyl (C=S) groups is 1. The first-order chi connectivity index (χ1) is 9.99. The monoisotopic (exact) mass is 322 g/mol. The van der Waals surface area contributed by atoms with Crippen molar-refractivity contribution in [2.75, 3.05) is 0 Å². The number of benzene rings is 1. The minimum Gasteiger partial charge on any atom is -0.481 e. The lowest BCUT2D eigenvalue weighted by Gasteiger charge is -2.17. The molecule has 0 amide bonds. The molecule has 1 heterocycles. The predicted molar refractivity (Wildman–Crippen MR) is 86.0 cm³/mol. The molecular formula is C15H15ClN2O2S. The highest BCUT2D eigenvalue weighted by molar-refractivity contribution is 7.80. The first kappa shape index (κ1) is 15.7. The fourth-order valence-corrected chi connectivity index (χ4v) is 2.59. The van der Waals surface area contributed by atoms with Gasteiger partial charge in [0.15, 0.2) is 0 Å². The van der Waals surface area contributed by atoms with Crippen LogP contribution in [-0.4, -0.2) is 25.5 Å². The van der Waals surface area contributed by atoms with E-state index < -0.39 is 5.97 Å². The molecule has 0 aliphatic rings. The van der Waals surface area contributed by atoms with E-state index >= 15 is 0 Å². The summed E-state index contributed by atoms with van der Waals surface area (Å²) in [6, 6.07) is 7.54. The Balaban J connectivity index is 2.31. The van der Waals surface area contributed by atoms with Gasteiger partial charge in [0.05, 0.1) is 19.3 Å². The first-order valence-corrected chi connectivity index (χ1v) is 7.23. The van der Waals surface area contributed by atoms with E-state index in [2.05, 4.69) is 4.98 Å². The zero-order chi connectivity index (χ0) is 15.4. The molecule has 0 fully saturated rings. The molecule has 1 atom stereocenters. The molecule has 2 rings (SSSR count). The van der Waals surface area contributed by atoms with E-state index in [-0.39, 0.29) is 12.3 Å². The van der Waals surface area contributed by atoms with Crippen molar-refractivity contribution in [3.05, 3.63) is 53.1 Å². The van der Waals surface area contributed by atoms with Gasteiger partial charge >= 0.3 is 5.97 Å². The number of halogens is 1. The van der Waals surface area contributed by atoms with E-state index in [1.807, 2.05) is 28.8 Å². The molecule has 1 N–H and O–H groups in total. The van der Waals surface area contributed by atoms with Crippen LogP contribution in [0.4, 0.5) is 0 Å². The lowest BCUT2D eigenvalue weighted by atomic mass is 9.98. The number of aliphatic carboxylic acids is 1. The van der Waals surface area contributed by atoms with E-state index in [0.29, 0.717) is 16.4 Å². The predicted octanol–water partition coefficient (Wildman–Crippen LogP) is 3.53. The average Bonchev–Trinajstić information content (AvgIpc) is 2.86. The van der Waals surface area contributed by atoms with Crippen molar-refractivity contribution >= 4 is 34.7 Å². The van der Waals surface area contributed by atoms with Gasteiger partial charge in [-0.3, -0.25) is 4.79 Å². The fourth-order valence-electron chi connectivity index (χ4n) is 2.19. The Morgan fingerprint density at radius 2 is 2.19 bits per heavy atom.